The van der Waals surface area contributed by atoms with E-state index in [2.05, 4.69) is 0 Å². The number of hydrogen-bond donors (Lipinski definition) is 1. The van der Waals surface area contributed by atoms with Crippen LogP contribution in [-0.4, -0.2) is 39.5 Å². The average molecular weight is 341 g/mol. The van der Waals surface area contributed by atoms with E-state index in [0.29, 0.717) is 23.7 Å². The zero-order valence-corrected chi connectivity index (χ0v) is 13.7. The van der Waals surface area contributed by atoms with Gasteiger partial charge in [0, 0.05) is 37.3 Å². The minimum atomic E-state index is -3.70. The summed E-state index contributed by atoms with van der Waals surface area (Å²) in [5, 5.41) is 0.437. The van der Waals surface area contributed by atoms with Crippen LogP contribution in [-0.2, 0) is 21.3 Å². The van der Waals surface area contributed by atoms with Gasteiger partial charge in [-0.05, 0) is 12.1 Å². The first kappa shape index (κ1) is 17.7. The summed E-state index contributed by atoms with van der Waals surface area (Å²) >= 11 is 12.1. The van der Waals surface area contributed by atoms with Crippen molar-refractivity contribution in [1.82, 2.24) is 4.31 Å². The van der Waals surface area contributed by atoms with Crippen LogP contribution in [0.3, 0.4) is 0 Å². The van der Waals surface area contributed by atoms with E-state index in [0.717, 1.165) is 0 Å². The van der Waals surface area contributed by atoms with Gasteiger partial charge in [0.15, 0.2) is 0 Å². The second kappa shape index (κ2) is 7.59. The molecule has 0 bridgehead atoms. The number of sulfonamides is 1. The summed E-state index contributed by atoms with van der Waals surface area (Å²) in [7, 11) is -2.18. The summed E-state index contributed by atoms with van der Waals surface area (Å²) in [6.07, 6.45) is 0. The molecule has 0 aromatic heterocycles. The third-order valence-electron chi connectivity index (χ3n) is 2.87. The normalized spacial score (nSPS) is 12.1. The van der Waals surface area contributed by atoms with Gasteiger partial charge in [-0.25, -0.2) is 8.42 Å². The zero-order valence-electron chi connectivity index (χ0n) is 11.4. The molecule has 8 heteroatoms. The van der Waals surface area contributed by atoms with Crippen LogP contribution in [0.2, 0.25) is 10.0 Å². The Labute approximate surface area is 129 Å². The van der Waals surface area contributed by atoms with E-state index in [1.807, 2.05) is 0 Å². The maximum absolute atomic E-state index is 12.6. The van der Waals surface area contributed by atoms with Crippen LogP contribution in [0.25, 0.3) is 0 Å². The van der Waals surface area contributed by atoms with Crippen LogP contribution in [0.15, 0.2) is 17.0 Å². The Morgan fingerprint density at radius 3 is 2.50 bits per heavy atom. The van der Waals surface area contributed by atoms with Gasteiger partial charge in [0.2, 0.25) is 10.0 Å². The number of nitrogens with zero attached hydrogens (tertiary/aromatic N) is 1. The molecule has 0 radical (unpaired) electrons. The molecule has 0 unspecified atom stereocenters. The molecule has 0 saturated heterocycles. The summed E-state index contributed by atoms with van der Waals surface area (Å²) in [6.45, 7) is 2.71. The standard InChI is InChI=1S/C12H18Cl2N2O3S/c1-3-16(6-7-19-2)20(17,18)11-5-4-10(13)9(8-15)12(11)14/h4-5H,3,6-8,15H2,1-2H3. The molecule has 1 rings (SSSR count). The molecule has 0 aliphatic carbocycles. The van der Waals surface area contributed by atoms with Gasteiger partial charge in [-0.15, -0.1) is 0 Å². The zero-order chi connectivity index (χ0) is 15.3. The number of likely N-dealkylation sites (N-methyl/N-ethyl adjacent to an activating group) is 1. The van der Waals surface area contributed by atoms with Gasteiger partial charge in [-0.3, -0.25) is 0 Å². The van der Waals surface area contributed by atoms with Crippen LogP contribution in [0.4, 0.5) is 0 Å². The van der Waals surface area contributed by atoms with Crippen molar-refractivity contribution >= 4 is 33.2 Å². The predicted octanol–water partition coefficient (Wildman–Crippen LogP) is 2.11. The molecule has 20 heavy (non-hydrogen) atoms. The summed E-state index contributed by atoms with van der Waals surface area (Å²) in [5.41, 5.74) is 5.98. The van der Waals surface area contributed by atoms with Gasteiger partial charge in [0.05, 0.1) is 11.6 Å². The highest BCUT2D eigenvalue weighted by Crippen LogP contribution is 2.32. The van der Waals surface area contributed by atoms with Crippen molar-refractivity contribution in [1.29, 1.82) is 0 Å². The first-order chi connectivity index (χ1) is 9.39. The van der Waals surface area contributed by atoms with Gasteiger partial charge in [-0.1, -0.05) is 30.1 Å². The molecule has 0 atom stereocenters. The van der Waals surface area contributed by atoms with Crippen molar-refractivity contribution in [2.24, 2.45) is 5.73 Å². The van der Waals surface area contributed by atoms with Crippen molar-refractivity contribution in [3.63, 3.8) is 0 Å². The topological polar surface area (TPSA) is 72.6 Å². The lowest BCUT2D eigenvalue weighted by Crippen LogP contribution is -2.34. The second-order valence-electron chi connectivity index (χ2n) is 4.03. The Kier molecular flexibility index (Phi) is 6.71. The second-order valence-corrected chi connectivity index (χ2v) is 6.72. The quantitative estimate of drug-likeness (QED) is 0.824. The van der Waals surface area contributed by atoms with Crippen molar-refractivity contribution in [2.75, 3.05) is 26.8 Å². The maximum Gasteiger partial charge on any atom is 0.244 e. The van der Waals surface area contributed by atoms with E-state index >= 15 is 0 Å². The predicted molar refractivity (Wildman–Crippen MR) is 80.7 cm³/mol. The number of ether oxygens (including phenoxy) is 1. The highest BCUT2D eigenvalue weighted by molar-refractivity contribution is 7.89. The van der Waals surface area contributed by atoms with Gasteiger partial charge in [-0.2, -0.15) is 4.31 Å². The SMILES string of the molecule is CCN(CCOC)S(=O)(=O)c1ccc(Cl)c(CN)c1Cl. The molecule has 2 N–H and O–H groups in total. The van der Waals surface area contributed by atoms with E-state index in [1.165, 1.54) is 23.5 Å². The summed E-state index contributed by atoms with van der Waals surface area (Å²) < 4.78 is 31.4. The van der Waals surface area contributed by atoms with E-state index in [9.17, 15) is 8.42 Å². The smallest absolute Gasteiger partial charge is 0.244 e. The lowest BCUT2D eigenvalue weighted by molar-refractivity contribution is 0.180. The molecule has 0 saturated carbocycles. The van der Waals surface area contributed by atoms with E-state index in [4.69, 9.17) is 33.7 Å². The van der Waals surface area contributed by atoms with E-state index in [1.54, 1.807) is 6.92 Å². The Hall–Kier alpha value is -0.370. The van der Waals surface area contributed by atoms with Gasteiger partial charge in [0.1, 0.15) is 4.90 Å². The highest BCUT2D eigenvalue weighted by atomic mass is 35.5. The van der Waals surface area contributed by atoms with Crippen molar-refractivity contribution in [3.05, 3.63) is 27.7 Å². The largest absolute Gasteiger partial charge is 0.383 e. The summed E-state index contributed by atoms with van der Waals surface area (Å²) in [5.74, 6) is 0. The Bertz CT molecular complexity index is 564. The molecule has 0 aliphatic rings. The van der Waals surface area contributed by atoms with Gasteiger partial charge in [0.25, 0.3) is 0 Å². The van der Waals surface area contributed by atoms with E-state index in [-0.39, 0.29) is 23.0 Å². The number of rotatable bonds is 7. The van der Waals surface area contributed by atoms with Crippen molar-refractivity contribution in [2.45, 2.75) is 18.4 Å². The number of hydrogen-bond acceptors (Lipinski definition) is 4. The summed E-state index contributed by atoms with van der Waals surface area (Å²) in [4.78, 5) is 0.0157. The molecular weight excluding hydrogens is 323 g/mol. The van der Waals surface area contributed by atoms with Crippen LogP contribution >= 0.6 is 23.2 Å². The summed E-state index contributed by atoms with van der Waals surface area (Å²) in [6, 6.07) is 2.89. The first-order valence-electron chi connectivity index (χ1n) is 6.06. The average Bonchev–Trinajstić information content (AvgIpc) is 2.39. The molecule has 114 valence electrons. The molecule has 0 heterocycles. The van der Waals surface area contributed by atoms with Crippen molar-refractivity contribution < 1.29 is 13.2 Å². The number of methoxy groups -OCH3 is 1. The third-order valence-corrected chi connectivity index (χ3v) is 5.78. The molecular formula is C12H18Cl2N2O3S. The van der Waals surface area contributed by atoms with Crippen LogP contribution in [0.1, 0.15) is 12.5 Å². The minimum absolute atomic E-state index is 0.0157. The Morgan fingerprint density at radius 2 is 2.00 bits per heavy atom. The molecule has 1 aromatic rings. The van der Waals surface area contributed by atoms with Gasteiger partial charge < -0.3 is 10.5 Å². The van der Waals surface area contributed by atoms with Crippen LogP contribution in [0, 0.1) is 0 Å². The molecule has 0 aliphatic heterocycles. The molecule has 5 nitrogen and oxygen atoms in total. The molecule has 0 amide bonds. The van der Waals surface area contributed by atoms with Gasteiger partial charge >= 0.3 is 0 Å². The minimum Gasteiger partial charge on any atom is -0.383 e. The number of benzene rings is 1. The third kappa shape index (κ3) is 3.63. The fourth-order valence-corrected chi connectivity index (χ4v) is 4.08. The lowest BCUT2D eigenvalue weighted by Gasteiger charge is -2.21. The molecule has 0 fully saturated rings. The highest BCUT2D eigenvalue weighted by Gasteiger charge is 2.27. The molecule has 0 spiro atoms. The molecule has 1 aromatic carbocycles. The maximum atomic E-state index is 12.6. The lowest BCUT2D eigenvalue weighted by atomic mass is 10.2. The monoisotopic (exact) mass is 340 g/mol. The number of nitrogens with two attached hydrogens (primary N) is 1. The Morgan fingerprint density at radius 1 is 1.35 bits per heavy atom. The van der Waals surface area contributed by atoms with Crippen molar-refractivity contribution in [3.8, 4) is 0 Å². The van der Waals surface area contributed by atoms with E-state index < -0.39 is 10.0 Å². The Balaban J connectivity index is 3.27. The first-order valence-corrected chi connectivity index (χ1v) is 8.25. The number of halogens is 2. The fourth-order valence-electron chi connectivity index (χ4n) is 1.74. The fraction of sp³-hybridized carbons (Fsp3) is 0.500. The van der Waals surface area contributed by atoms with Crippen LogP contribution < -0.4 is 5.73 Å². The van der Waals surface area contributed by atoms with Crippen LogP contribution in [0.5, 0.6) is 0 Å².